The van der Waals surface area contributed by atoms with Crippen molar-refractivity contribution in [3.63, 3.8) is 0 Å². The van der Waals surface area contributed by atoms with E-state index >= 15 is 0 Å². The lowest BCUT2D eigenvalue weighted by Gasteiger charge is -2.35. The molecule has 0 unspecified atom stereocenters. The number of carbonyl (C=O) groups is 2. The summed E-state index contributed by atoms with van der Waals surface area (Å²) in [5, 5.41) is 4.04. The number of aromatic nitrogens is 1. The molecule has 0 radical (unpaired) electrons. The molecule has 5 rings (SSSR count). The fourth-order valence-electron chi connectivity index (χ4n) is 5.63. The van der Waals surface area contributed by atoms with Gasteiger partial charge in [0.25, 0.3) is 0 Å². The maximum Gasteiger partial charge on any atom is 0.318 e. The molecule has 0 saturated carbocycles. The van der Waals surface area contributed by atoms with Crippen molar-refractivity contribution in [2.45, 2.75) is 50.6 Å². The minimum absolute atomic E-state index is 0.0757. The molecule has 2 aromatic carbocycles. The monoisotopic (exact) mass is 582 g/mol. The lowest BCUT2D eigenvalue weighted by Crippen LogP contribution is -2.54. The lowest BCUT2D eigenvalue weighted by molar-refractivity contribution is -0.134. The van der Waals surface area contributed by atoms with Gasteiger partial charge in [0.2, 0.25) is 5.91 Å². The Bertz CT molecular complexity index is 1290. The van der Waals surface area contributed by atoms with Gasteiger partial charge in [0, 0.05) is 55.0 Å². The van der Waals surface area contributed by atoms with Crippen molar-refractivity contribution >= 4 is 35.1 Å². The number of hydrogen-bond donors (Lipinski definition) is 1. The Morgan fingerprint density at radius 1 is 0.925 bits per heavy atom. The number of rotatable bonds is 9. The van der Waals surface area contributed by atoms with Gasteiger partial charge in [0.1, 0.15) is 18.4 Å². The molecule has 0 aliphatic carbocycles. The molecule has 0 bridgehead atoms. The van der Waals surface area contributed by atoms with Crippen LogP contribution in [0.25, 0.3) is 0 Å². The van der Waals surface area contributed by atoms with Gasteiger partial charge in [-0.05, 0) is 73.1 Å². The van der Waals surface area contributed by atoms with E-state index in [4.69, 9.17) is 27.9 Å². The first-order valence-corrected chi connectivity index (χ1v) is 14.8. The number of nitrogens with zero attached hydrogens (tertiary/aromatic N) is 3. The van der Waals surface area contributed by atoms with Crippen LogP contribution in [0.2, 0.25) is 10.0 Å². The molecule has 2 saturated heterocycles. The van der Waals surface area contributed by atoms with Gasteiger partial charge < -0.3 is 24.4 Å². The molecular weight excluding hydrogens is 547 g/mol. The van der Waals surface area contributed by atoms with Crippen LogP contribution in [-0.4, -0.2) is 65.1 Å². The summed E-state index contributed by atoms with van der Waals surface area (Å²) in [4.78, 5) is 30.4. The largest absolute Gasteiger partial charge is 0.491 e. The van der Waals surface area contributed by atoms with E-state index in [0.29, 0.717) is 55.2 Å². The number of ether oxygens (including phenoxy) is 1. The molecule has 1 atom stereocenters. The third kappa shape index (κ3) is 7.12. The molecule has 212 valence electrons. The van der Waals surface area contributed by atoms with Crippen LogP contribution in [0.1, 0.15) is 42.7 Å². The van der Waals surface area contributed by atoms with Crippen molar-refractivity contribution in [3.8, 4) is 5.75 Å². The minimum Gasteiger partial charge on any atom is -0.491 e. The van der Waals surface area contributed by atoms with Gasteiger partial charge in [-0.2, -0.15) is 0 Å². The summed E-state index contributed by atoms with van der Waals surface area (Å²) < 4.78 is 8.28. The van der Waals surface area contributed by atoms with E-state index in [1.807, 2.05) is 53.7 Å². The highest BCUT2D eigenvalue weighted by Gasteiger charge is 2.32. The molecule has 7 nitrogen and oxygen atoms in total. The zero-order valence-corrected chi connectivity index (χ0v) is 24.1. The van der Waals surface area contributed by atoms with Crippen molar-refractivity contribution in [2.24, 2.45) is 0 Å². The predicted octanol–water partition coefficient (Wildman–Crippen LogP) is 6.00. The number of amides is 3. The van der Waals surface area contributed by atoms with E-state index in [-0.39, 0.29) is 11.9 Å². The van der Waals surface area contributed by atoms with E-state index in [1.54, 1.807) is 17.0 Å². The summed E-state index contributed by atoms with van der Waals surface area (Å²) in [6.45, 7) is 4.04. The zero-order chi connectivity index (χ0) is 27.9. The molecule has 3 amide bonds. The second-order valence-electron chi connectivity index (χ2n) is 10.5. The Balaban J connectivity index is 1.23. The third-order valence-corrected chi connectivity index (χ3v) is 8.45. The molecule has 2 fully saturated rings. The van der Waals surface area contributed by atoms with Crippen LogP contribution in [-0.2, 0) is 17.8 Å². The summed E-state index contributed by atoms with van der Waals surface area (Å²) >= 11 is 12.5. The van der Waals surface area contributed by atoms with Crippen LogP contribution in [0, 0.1) is 0 Å². The molecule has 2 aliphatic heterocycles. The molecule has 2 aliphatic rings. The molecule has 3 aromatic rings. The quantitative estimate of drug-likeness (QED) is 0.336. The Morgan fingerprint density at radius 2 is 1.65 bits per heavy atom. The maximum atomic E-state index is 13.8. The average Bonchev–Trinajstić information content (AvgIpc) is 3.69. The van der Waals surface area contributed by atoms with Crippen LogP contribution >= 0.6 is 23.2 Å². The second kappa shape index (κ2) is 13.5. The van der Waals surface area contributed by atoms with Crippen LogP contribution in [0.4, 0.5) is 4.79 Å². The Hall–Kier alpha value is -3.16. The summed E-state index contributed by atoms with van der Waals surface area (Å²) in [7, 11) is 0. The average molecular weight is 584 g/mol. The molecule has 1 aromatic heterocycles. The van der Waals surface area contributed by atoms with Gasteiger partial charge in [-0.15, -0.1) is 0 Å². The van der Waals surface area contributed by atoms with Crippen molar-refractivity contribution in [2.75, 3.05) is 32.8 Å². The number of carbonyl (C=O) groups excluding carboxylic acids is 2. The van der Waals surface area contributed by atoms with E-state index in [1.165, 1.54) is 5.56 Å². The Kier molecular flexibility index (Phi) is 9.55. The standard InChI is InChI=1S/C31H36Cl2N4O3/c32-25-10-9-24(27(33)22-25)21-28(34-31(39)37-15-5-6-16-37)30(38)36-17-11-23(12-18-36)26-7-1-2-8-29(26)40-20-19-35-13-3-4-14-35/h1-4,7-10,13-14,22-23,28H,5-6,11-12,15-21H2,(H,34,39)/t28-/m1/s1. The molecular formula is C31H36Cl2N4O3. The number of likely N-dealkylation sites (tertiary alicyclic amines) is 2. The SMILES string of the molecule is O=C(N[C@H](Cc1ccc(Cl)cc1Cl)C(=O)N1CCC(c2ccccc2OCCn2cccc2)CC1)N1CCCC1. The molecule has 9 heteroatoms. The molecule has 40 heavy (non-hydrogen) atoms. The highest BCUT2D eigenvalue weighted by molar-refractivity contribution is 6.35. The summed E-state index contributed by atoms with van der Waals surface area (Å²) in [5.41, 5.74) is 1.97. The maximum absolute atomic E-state index is 13.8. The summed E-state index contributed by atoms with van der Waals surface area (Å²) in [6, 6.07) is 16.6. The number of halogens is 2. The van der Waals surface area contributed by atoms with Gasteiger partial charge in [-0.1, -0.05) is 47.5 Å². The first-order chi connectivity index (χ1) is 19.5. The summed E-state index contributed by atoms with van der Waals surface area (Å²) in [6.07, 6.45) is 8.01. The third-order valence-electron chi connectivity index (χ3n) is 7.87. The van der Waals surface area contributed by atoms with Gasteiger partial charge in [0.05, 0.1) is 6.54 Å². The molecule has 1 N–H and O–H groups in total. The van der Waals surface area contributed by atoms with Crippen LogP contribution in [0.5, 0.6) is 5.75 Å². The first kappa shape index (κ1) is 28.4. The second-order valence-corrected chi connectivity index (χ2v) is 11.4. The van der Waals surface area contributed by atoms with E-state index < -0.39 is 6.04 Å². The highest BCUT2D eigenvalue weighted by Crippen LogP contribution is 2.34. The minimum atomic E-state index is -0.701. The van der Waals surface area contributed by atoms with Crippen molar-refractivity contribution in [3.05, 3.63) is 88.2 Å². The van der Waals surface area contributed by atoms with Crippen molar-refractivity contribution in [1.82, 2.24) is 19.7 Å². The normalized spacial score (nSPS) is 16.6. The fourth-order valence-corrected chi connectivity index (χ4v) is 6.11. The zero-order valence-electron chi connectivity index (χ0n) is 22.6. The highest BCUT2D eigenvalue weighted by atomic mass is 35.5. The van der Waals surface area contributed by atoms with Crippen LogP contribution in [0.15, 0.2) is 67.0 Å². The summed E-state index contributed by atoms with van der Waals surface area (Å²) in [5.74, 6) is 1.14. The predicted molar refractivity (Wildman–Crippen MR) is 158 cm³/mol. The number of nitrogens with one attached hydrogen (secondary N) is 1. The van der Waals surface area contributed by atoms with Crippen LogP contribution in [0.3, 0.4) is 0 Å². The fraction of sp³-hybridized carbons (Fsp3) is 0.419. The van der Waals surface area contributed by atoms with Gasteiger partial charge in [-0.25, -0.2) is 4.79 Å². The number of hydrogen-bond acceptors (Lipinski definition) is 3. The number of urea groups is 1. The van der Waals surface area contributed by atoms with Gasteiger partial charge in [-0.3, -0.25) is 4.79 Å². The number of piperidine rings is 1. The molecule has 0 spiro atoms. The van der Waals surface area contributed by atoms with Crippen molar-refractivity contribution < 1.29 is 14.3 Å². The van der Waals surface area contributed by atoms with Gasteiger partial charge in [0.15, 0.2) is 0 Å². The van der Waals surface area contributed by atoms with Crippen molar-refractivity contribution in [1.29, 1.82) is 0 Å². The topological polar surface area (TPSA) is 66.8 Å². The lowest BCUT2D eigenvalue weighted by atomic mass is 9.88. The number of benzene rings is 2. The Morgan fingerprint density at radius 3 is 2.38 bits per heavy atom. The van der Waals surface area contributed by atoms with E-state index in [2.05, 4.69) is 16.0 Å². The van der Waals surface area contributed by atoms with Crippen LogP contribution < -0.4 is 10.1 Å². The Labute approximate surface area is 246 Å². The number of para-hydroxylation sites is 1. The first-order valence-electron chi connectivity index (χ1n) is 14.1. The van der Waals surface area contributed by atoms with Gasteiger partial charge >= 0.3 is 6.03 Å². The molecule has 3 heterocycles. The van der Waals surface area contributed by atoms with E-state index in [9.17, 15) is 9.59 Å². The smallest absolute Gasteiger partial charge is 0.318 e. The van der Waals surface area contributed by atoms with E-state index in [0.717, 1.165) is 43.5 Å².